The van der Waals surface area contributed by atoms with Crippen LogP contribution in [0.15, 0.2) is 21.9 Å². The molecule has 0 amide bonds. The maximum atomic E-state index is 12.3. The molecule has 1 aromatic heterocycles. The Bertz CT molecular complexity index is 822. The summed E-state index contributed by atoms with van der Waals surface area (Å²) in [7, 11) is 0.543. The summed E-state index contributed by atoms with van der Waals surface area (Å²) in [4.78, 5) is 31.8. The maximum Gasteiger partial charge on any atom is 0.330 e. The van der Waals surface area contributed by atoms with Crippen LogP contribution in [0.2, 0.25) is 0 Å². The predicted octanol–water partition coefficient (Wildman–Crippen LogP) is 0.717. The summed E-state index contributed by atoms with van der Waals surface area (Å²) in [6.45, 7) is 4.55. The highest BCUT2D eigenvalue weighted by molar-refractivity contribution is 7.46. The number of aromatic nitrogens is 2. The fourth-order valence-corrected chi connectivity index (χ4v) is 4.53. The Morgan fingerprint density at radius 3 is 2.96 bits per heavy atom. The van der Waals surface area contributed by atoms with Gasteiger partial charge in [0, 0.05) is 26.0 Å². The van der Waals surface area contributed by atoms with Gasteiger partial charge in [0.05, 0.1) is 25.6 Å². The number of H-pyrrole nitrogens is 1. The Kier molecular flexibility index (Phi) is 6.11. The van der Waals surface area contributed by atoms with Gasteiger partial charge in [-0.05, 0) is 6.42 Å². The lowest BCUT2D eigenvalue weighted by molar-refractivity contribution is -0.247. The molecule has 0 spiro atoms. The monoisotopic (exact) mass is 398 g/mol. The van der Waals surface area contributed by atoms with Crippen LogP contribution < -0.4 is 11.2 Å². The van der Waals surface area contributed by atoms with Crippen molar-refractivity contribution in [2.45, 2.75) is 43.8 Å². The summed E-state index contributed by atoms with van der Waals surface area (Å²) < 4.78 is 19.3. The highest BCUT2D eigenvalue weighted by atomic mass is 31.2. The van der Waals surface area contributed by atoms with E-state index in [4.69, 9.17) is 23.9 Å². The minimum Gasteiger partial charge on any atom is -0.344 e. The molecule has 1 N–H and O–H groups in total. The Balaban J connectivity index is 1.88. The molecule has 1 aromatic rings. The van der Waals surface area contributed by atoms with Crippen molar-refractivity contribution in [2.24, 2.45) is 0 Å². The average Bonchev–Trinajstić information content (AvgIpc) is 2.80. The summed E-state index contributed by atoms with van der Waals surface area (Å²) in [5.74, 6) is 0. The summed E-state index contributed by atoms with van der Waals surface area (Å²) >= 11 is 0. The zero-order valence-corrected chi connectivity index (χ0v) is 16.3. The first-order valence-corrected chi connectivity index (χ1v) is 10.3. The molecular formula is C16H23N4O6P. The third kappa shape index (κ3) is 3.99. The standard InChI is InChI=1S/C16H23N4O6P/c1-4-16-10-19(2)25-12(13(16)26-27(3)23-9-5-7-17)14(24-16)20-8-6-11(21)18-15(20)22/h6,8,12-14H,4-5,9-10H2,1-3H3,(H,18,21,22)/t12-,13+,14-,16+,27?/m1/s1. The summed E-state index contributed by atoms with van der Waals surface area (Å²) in [6, 6.07) is 3.29. The SMILES string of the molecule is CC[C@@]12CN(C)O[C@@H]([C@H](n3ccc(=O)[nH]c3=O)O1)[C@@H]2OP(C)OCCC#N. The molecular weight excluding hydrogens is 375 g/mol. The van der Waals surface area contributed by atoms with Gasteiger partial charge in [0.1, 0.15) is 11.7 Å². The topological polar surface area (TPSA) is 119 Å². The molecule has 11 heteroatoms. The number of hydroxylamine groups is 2. The van der Waals surface area contributed by atoms with Gasteiger partial charge in [-0.1, -0.05) is 6.92 Å². The van der Waals surface area contributed by atoms with E-state index in [-0.39, 0.29) is 6.42 Å². The molecule has 3 heterocycles. The number of hydrogen-bond donors (Lipinski definition) is 1. The first-order chi connectivity index (χ1) is 12.9. The van der Waals surface area contributed by atoms with Crippen molar-refractivity contribution < 1.29 is 18.6 Å². The molecule has 0 radical (unpaired) electrons. The number of nitrogens with one attached hydrogen (secondary N) is 1. The van der Waals surface area contributed by atoms with E-state index in [2.05, 4.69) is 4.98 Å². The highest BCUT2D eigenvalue weighted by Crippen LogP contribution is 2.50. The van der Waals surface area contributed by atoms with Crippen LogP contribution >= 0.6 is 8.38 Å². The van der Waals surface area contributed by atoms with Crippen molar-refractivity contribution in [2.75, 3.05) is 26.9 Å². The van der Waals surface area contributed by atoms with Gasteiger partial charge in [-0.15, -0.1) is 0 Å². The van der Waals surface area contributed by atoms with E-state index in [0.29, 0.717) is 19.6 Å². The molecule has 0 aromatic carbocycles. The number of ether oxygens (including phenoxy) is 1. The molecule has 5 atom stereocenters. The zero-order valence-electron chi connectivity index (χ0n) is 15.5. The largest absolute Gasteiger partial charge is 0.344 e. The van der Waals surface area contributed by atoms with E-state index in [1.807, 2.05) is 19.7 Å². The number of fused-ring (bicyclic) bond motifs is 2. The van der Waals surface area contributed by atoms with Crippen LogP contribution in [0.3, 0.4) is 0 Å². The van der Waals surface area contributed by atoms with E-state index in [9.17, 15) is 9.59 Å². The van der Waals surface area contributed by atoms with E-state index < -0.39 is 43.7 Å². The molecule has 1 unspecified atom stereocenters. The van der Waals surface area contributed by atoms with Crippen molar-refractivity contribution in [3.8, 4) is 6.07 Å². The van der Waals surface area contributed by atoms with Crippen LogP contribution in [0.1, 0.15) is 26.0 Å². The van der Waals surface area contributed by atoms with Gasteiger partial charge in [-0.2, -0.15) is 10.3 Å². The van der Waals surface area contributed by atoms with Crippen LogP contribution in [0.25, 0.3) is 0 Å². The van der Waals surface area contributed by atoms with Crippen molar-refractivity contribution in [1.29, 1.82) is 5.26 Å². The first-order valence-electron chi connectivity index (χ1n) is 8.68. The second kappa shape index (κ2) is 8.19. The molecule has 27 heavy (non-hydrogen) atoms. The van der Waals surface area contributed by atoms with Crippen LogP contribution in [0, 0.1) is 11.3 Å². The highest BCUT2D eigenvalue weighted by Gasteiger charge is 2.61. The van der Waals surface area contributed by atoms with Crippen LogP contribution in [-0.4, -0.2) is 59.3 Å². The molecule has 0 aliphatic carbocycles. The third-order valence-corrected chi connectivity index (χ3v) is 5.79. The second-order valence-electron chi connectivity index (χ2n) is 6.51. The Labute approximate surface area is 157 Å². The van der Waals surface area contributed by atoms with Crippen LogP contribution in [0.5, 0.6) is 0 Å². The van der Waals surface area contributed by atoms with Gasteiger partial charge >= 0.3 is 5.69 Å². The lowest BCUT2D eigenvalue weighted by Gasteiger charge is -2.42. The Morgan fingerprint density at radius 2 is 2.30 bits per heavy atom. The Morgan fingerprint density at radius 1 is 1.52 bits per heavy atom. The van der Waals surface area contributed by atoms with Crippen molar-refractivity contribution in [3.05, 3.63) is 33.1 Å². The number of nitrogens with zero attached hydrogens (tertiary/aromatic N) is 3. The lowest BCUT2D eigenvalue weighted by atomic mass is 9.91. The second-order valence-corrected chi connectivity index (χ2v) is 7.86. The molecule has 148 valence electrons. The van der Waals surface area contributed by atoms with Crippen LogP contribution in [0.4, 0.5) is 0 Å². The molecule has 2 aliphatic rings. The molecule has 2 bridgehead atoms. The molecule has 10 nitrogen and oxygen atoms in total. The average molecular weight is 398 g/mol. The number of rotatable bonds is 7. The van der Waals surface area contributed by atoms with Gasteiger partial charge in [0.15, 0.2) is 20.7 Å². The molecule has 2 saturated heterocycles. The van der Waals surface area contributed by atoms with Gasteiger partial charge in [-0.25, -0.2) is 4.79 Å². The van der Waals surface area contributed by atoms with E-state index >= 15 is 0 Å². The van der Waals surface area contributed by atoms with Gasteiger partial charge in [-0.3, -0.25) is 19.2 Å². The number of hydrogen-bond acceptors (Lipinski definition) is 8. The lowest BCUT2D eigenvalue weighted by Crippen LogP contribution is -2.57. The quantitative estimate of drug-likeness (QED) is 0.527. The number of aromatic amines is 1. The normalized spacial score (nSPS) is 31.6. The maximum absolute atomic E-state index is 12.3. The smallest absolute Gasteiger partial charge is 0.330 e. The number of likely N-dealkylation sites (N-methyl/N-ethyl adjacent to an activating group) is 1. The van der Waals surface area contributed by atoms with E-state index in [1.54, 1.807) is 12.1 Å². The van der Waals surface area contributed by atoms with Crippen molar-refractivity contribution in [3.63, 3.8) is 0 Å². The van der Waals surface area contributed by atoms with Gasteiger partial charge < -0.3 is 13.8 Å². The van der Waals surface area contributed by atoms with E-state index in [1.165, 1.54) is 16.8 Å². The van der Waals surface area contributed by atoms with Gasteiger partial charge in [0.25, 0.3) is 5.56 Å². The zero-order chi connectivity index (χ0) is 19.6. The minimum atomic E-state index is -1.26. The van der Waals surface area contributed by atoms with Crippen molar-refractivity contribution >= 4 is 8.38 Å². The molecule has 0 saturated carbocycles. The predicted molar refractivity (Wildman–Crippen MR) is 95.9 cm³/mol. The molecule has 3 rings (SSSR count). The summed E-state index contributed by atoms with van der Waals surface area (Å²) in [5.41, 5.74) is -1.73. The van der Waals surface area contributed by atoms with Crippen molar-refractivity contribution in [1.82, 2.24) is 14.6 Å². The molecule has 2 aliphatic heterocycles. The summed E-state index contributed by atoms with van der Waals surface area (Å²) in [5, 5.41) is 10.3. The molecule has 2 fully saturated rings. The fraction of sp³-hybridized carbons (Fsp3) is 0.688. The third-order valence-electron chi connectivity index (χ3n) is 4.72. The van der Waals surface area contributed by atoms with Crippen LogP contribution in [-0.2, 0) is 18.6 Å². The fourth-order valence-electron chi connectivity index (χ4n) is 3.49. The minimum absolute atomic E-state index is 0.286. The van der Waals surface area contributed by atoms with Gasteiger partial charge in [0.2, 0.25) is 0 Å². The Hall–Kier alpha value is -1.60. The summed E-state index contributed by atoms with van der Waals surface area (Å²) in [6.07, 6.45) is 0.532. The van der Waals surface area contributed by atoms with E-state index in [0.717, 1.165) is 0 Å². The number of nitriles is 1. The first kappa shape index (κ1) is 20.1.